The summed E-state index contributed by atoms with van der Waals surface area (Å²) in [5, 5.41) is 2.83. The summed E-state index contributed by atoms with van der Waals surface area (Å²) in [5.41, 5.74) is 1.53. The van der Waals surface area contributed by atoms with Gasteiger partial charge in [-0.2, -0.15) is 0 Å². The highest BCUT2D eigenvalue weighted by Gasteiger charge is 2.00. The van der Waals surface area contributed by atoms with E-state index >= 15 is 0 Å². The molecule has 26 heavy (non-hydrogen) atoms. The topological polar surface area (TPSA) is 0 Å². The molecule has 0 aromatic heterocycles. The van der Waals surface area contributed by atoms with Crippen molar-refractivity contribution in [3.05, 3.63) is 60.2 Å². The standard InChI is InChI=1S/C26H38/c1-2-3-4-5-6-7-8-9-10-11-12-13-14-15-19-24-21-18-22-25-20-16-17-23-26(24)25/h2-3,16-18,20-23H,4-15,19H2,1H3/b3-2+. The van der Waals surface area contributed by atoms with Gasteiger partial charge in [-0.05, 0) is 48.9 Å². The summed E-state index contributed by atoms with van der Waals surface area (Å²) in [4.78, 5) is 0. The van der Waals surface area contributed by atoms with Crippen LogP contribution < -0.4 is 0 Å². The summed E-state index contributed by atoms with van der Waals surface area (Å²) >= 11 is 0. The predicted molar refractivity (Wildman–Crippen MR) is 118 cm³/mol. The van der Waals surface area contributed by atoms with E-state index in [1.54, 1.807) is 0 Å². The molecule has 0 saturated carbocycles. The van der Waals surface area contributed by atoms with Gasteiger partial charge in [0, 0.05) is 0 Å². The second-order valence-corrected chi connectivity index (χ2v) is 7.64. The van der Waals surface area contributed by atoms with Crippen LogP contribution in [0.25, 0.3) is 10.8 Å². The van der Waals surface area contributed by atoms with E-state index in [4.69, 9.17) is 0 Å². The fraction of sp³-hybridized carbons (Fsp3) is 0.538. The highest BCUT2D eigenvalue weighted by molar-refractivity contribution is 5.85. The van der Waals surface area contributed by atoms with Gasteiger partial charge in [0.2, 0.25) is 0 Å². The Labute approximate surface area is 161 Å². The molecular weight excluding hydrogens is 312 g/mol. The molecule has 0 bridgehead atoms. The number of hydrogen-bond acceptors (Lipinski definition) is 0. The Morgan fingerprint density at radius 2 is 1.19 bits per heavy atom. The van der Waals surface area contributed by atoms with Gasteiger partial charge in [-0.15, -0.1) is 0 Å². The van der Waals surface area contributed by atoms with Gasteiger partial charge in [-0.3, -0.25) is 0 Å². The number of aryl methyl sites for hydroxylation is 1. The molecule has 2 aromatic rings. The molecule has 0 nitrogen and oxygen atoms in total. The summed E-state index contributed by atoms with van der Waals surface area (Å²) < 4.78 is 0. The molecule has 2 rings (SSSR count). The first kappa shape index (κ1) is 20.7. The Morgan fingerprint density at radius 3 is 1.88 bits per heavy atom. The highest BCUT2D eigenvalue weighted by Crippen LogP contribution is 2.21. The molecule has 0 amide bonds. The van der Waals surface area contributed by atoms with Gasteiger partial charge in [0.25, 0.3) is 0 Å². The van der Waals surface area contributed by atoms with Crippen LogP contribution in [0.2, 0.25) is 0 Å². The Bertz CT molecular complexity index is 617. The zero-order valence-corrected chi connectivity index (χ0v) is 16.9. The monoisotopic (exact) mass is 350 g/mol. The number of rotatable bonds is 14. The summed E-state index contributed by atoms with van der Waals surface area (Å²) in [7, 11) is 0. The first-order chi connectivity index (χ1) is 12.9. The van der Waals surface area contributed by atoms with Crippen LogP contribution in [0.3, 0.4) is 0 Å². The van der Waals surface area contributed by atoms with Crippen LogP contribution in [0, 0.1) is 0 Å². The van der Waals surface area contributed by atoms with Gasteiger partial charge >= 0.3 is 0 Å². The number of allylic oxidation sites excluding steroid dienone is 2. The minimum Gasteiger partial charge on any atom is -0.0917 e. The van der Waals surface area contributed by atoms with E-state index < -0.39 is 0 Å². The van der Waals surface area contributed by atoms with Gasteiger partial charge in [-0.1, -0.05) is 112 Å². The van der Waals surface area contributed by atoms with Crippen LogP contribution in [-0.2, 0) is 6.42 Å². The molecule has 0 radical (unpaired) electrons. The van der Waals surface area contributed by atoms with Crippen molar-refractivity contribution in [2.45, 2.75) is 90.4 Å². The fourth-order valence-corrected chi connectivity index (χ4v) is 3.85. The molecule has 0 unspecified atom stereocenters. The molecule has 0 heteroatoms. The van der Waals surface area contributed by atoms with Crippen LogP contribution in [0.15, 0.2) is 54.6 Å². The number of unbranched alkanes of at least 4 members (excludes halogenated alkanes) is 11. The zero-order valence-electron chi connectivity index (χ0n) is 16.9. The Kier molecular flexibility index (Phi) is 10.9. The molecule has 0 N–H and O–H groups in total. The van der Waals surface area contributed by atoms with Gasteiger partial charge in [0.1, 0.15) is 0 Å². The van der Waals surface area contributed by atoms with Crippen molar-refractivity contribution in [2.75, 3.05) is 0 Å². The van der Waals surface area contributed by atoms with Gasteiger partial charge in [0.05, 0.1) is 0 Å². The molecular formula is C26H38. The molecule has 0 aliphatic rings. The fourth-order valence-electron chi connectivity index (χ4n) is 3.85. The lowest BCUT2D eigenvalue weighted by Crippen LogP contribution is -1.88. The SMILES string of the molecule is C/C=C/CCCCCCCCCCCCCc1cccc2ccccc12. The molecule has 0 aliphatic heterocycles. The maximum atomic E-state index is 2.31. The van der Waals surface area contributed by atoms with Gasteiger partial charge in [0.15, 0.2) is 0 Å². The average molecular weight is 351 g/mol. The second kappa shape index (κ2) is 13.6. The molecule has 0 heterocycles. The zero-order chi connectivity index (χ0) is 18.3. The molecule has 0 aliphatic carbocycles. The van der Waals surface area contributed by atoms with Crippen LogP contribution in [0.4, 0.5) is 0 Å². The smallest absolute Gasteiger partial charge is 0.0152 e. The van der Waals surface area contributed by atoms with Gasteiger partial charge < -0.3 is 0 Å². The van der Waals surface area contributed by atoms with E-state index in [2.05, 4.69) is 61.5 Å². The molecule has 142 valence electrons. The number of hydrogen-bond donors (Lipinski definition) is 0. The normalized spacial score (nSPS) is 11.6. The van der Waals surface area contributed by atoms with Crippen molar-refractivity contribution in [3.63, 3.8) is 0 Å². The van der Waals surface area contributed by atoms with Crippen molar-refractivity contribution >= 4 is 10.8 Å². The van der Waals surface area contributed by atoms with Crippen LogP contribution in [0.5, 0.6) is 0 Å². The second-order valence-electron chi connectivity index (χ2n) is 7.64. The first-order valence-electron chi connectivity index (χ1n) is 11.0. The van der Waals surface area contributed by atoms with E-state index in [9.17, 15) is 0 Å². The maximum Gasteiger partial charge on any atom is -0.0152 e. The van der Waals surface area contributed by atoms with Crippen molar-refractivity contribution in [2.24, 2.45) is 0 Å². The van der Waals surface area contributed by atoms with Crippen LogP contribution >= 0.6 is 0 Å². The minimum atomic E-state index is 1.23. The summed E-state index contributed by atoms with van der Waals surface area (Å²) in [6, 6.07) is 15.5. The summed E-state index contributed by atoms with van der Waals surface area (Å²) in [5.74, 6) is 0. The van der Waals surface area contributed by atoms with Gasteiger partial charge in [-0.25, -0.2) is 0 Å². The predicted octanol–water partition coefficient (Wildman–Crippen LogP) is 8.64. The Hall–Kier alpha value is -1.56. The number of fused-ring (bicyclic) bond motifs is 1. The average Bonchev–Trinajstić information content (AvgIpc) is 2.68. The van der Waals surface area contributed by atoms with E-state index in [0.717, 1.165) is 0 Å². The molecule has 0 spiro atoms. The third-order valence-corrected chi connectivity index (χ3v) is 5.43. The highest BCUT2D eigenvalue weighted by atomic mass is 14.1. The van der Waals surface area contributed by atoms with Crippen molar-refractivity contribution in [1.82, 2.24) is 0 Å². The Balaban J connectivity index is 1.44. The maximum absolute atomic E-state index is 2.31. The van der Waals surface area contributed by atoms with Crippen LogP contribution in [0.1, 0.15) is 89.5 Å². The Morgan fingerprint density at radius 1 is 0.615 bits per heavy atom. The minimum absolute atomic E-state index is 1.23. The molecule has 0 saturated heterocycles. The van der Waals surface area contributed by atoms with Crippen molar-refractivity contribution in [1.29, 1.82) is 0 Å². The van der Waals surface area contributed by atoms with E-state index in [1.807, 2.05) is 0 Å². The lowest BCUT2D eigenvalue weighted by molar-refractivity contribution is 0.546. The van der Waals surface area contributed by atoms with Crippen molar-refractivity contribution < 1.29 is 0 Å². The molecule has 0 fully saturated rings. The van der Waals surface area contributed by atoms with Crippen molar-refractivity contribution in [3.8, 4) is 0 Å². The lowest BCUT2D eigenvalue weighted by Gasteiger charge is -2.07. The van der Waals surface area contributed by atoms with E-state index in [1.165, 1.54) is 99.8 Å². The summed E-state index contributed by atoms with van der Waals surface area (Å²) in [6.45, 7) is 2.11. The lowest BCUT2D eigenvalue weighted by atomic mass is 9.99. The first-order valence-corrected chi connectivity index (χ1v) is 11.0. The molecule has 2 aromatic carbocycles. The number of benzene rings is 2. The quantitative estimate of drug-likeness (QED) is 0.236. The third kappa shape index (κ3) is 8.21. The van der Waals surface area contributed by atoms with Crippen LogP contribution in [-0.4, -0.2) is 0 Å². The largest absolute Gasteiger partial charge is 0.0917 e. The molecule has 0 atom stereocenters. The summed E-state index contributed by atoms with van der Waals surface area (Å²) in [6.07, 6.45) is 22.5. The van der Waals surface area contributed by atoms with E-state index in [-0.39, 0.29) is 0 Å². The third-order valence-electron chi connectivity index (χ3n) is 5.43. The van der Waals surface area contributed by atoms with E-state index in [0.29, 0.717) is 0 Å².